The zero-order valence-electron chi connectivity index (χ0n) is 32.9. The second-order valence-electron chi connectivity index (χ2n) is 17.8. The molecule has 4 nitrogen and oxygen atoms in total. The molecule has 3 aliphatic rings. The number of hydrogen-bond acceptors (Lipinski definition) is 2. The highest BCUT2D eigenvalue weighted by Gasteiger charge is 2.44. The van der Waals surface area contributed by atoms with E-state index in [2.05, 4.69) is 123 Å². The summed E-state index contributed by atoms with van der Waals surface area (Å²) in [4.78, 5) is 4.89. The normalized spacial score (nSPS) is 19.1. The summed E-state index contributed by atoms with van der Waals surface area (Å²) < 4.78 is 12.0. The Balaban J connectivity index is 1.30. The Morgan fingerprint density at radius 2 is 1.70 bits per heavy atom. The van der Waals surface area contributed by atoms with E-state index in [9.17, 15) is 0 Å². The summed E-state index contributed by atoms with van der Waals surface area (Å²) in [5, 5.41) is 3.87. The number of benzene rings is 2. The first-order chi connectivity index (χ1) is 25.5. The van der Waals surface area contributed by atoms with Crippen molar-refractivity contribution in [1.29, 1.82) is 0 Å². The Labute approximate surface area is 316 Å². The summed E-state index contributed by atoms with van der Waals surface area (Å²) in [6.45, 7) is 21.5. The molecule has 1 fully saturated rings. The van der Waals surface area contributed by atoms with E-state index in [1.165, 1.54) is 87.8 Å². The van der Waals surface area contributed by atoms with E-state index < -0.39 is 8.07 Å². The summed E-state index contributed by atoms with van der Waals surface area (Å²) in [6.07, 6.45) is 14.3. The van der Waals surface area contributed by atoms with Gasteiger partial charge in [-0.1, -0.05) is 77.0 Å². The lowest BCUT2D eigenvalue weighted by Crippen LogP contribution is -2.54. The van der Waals surface area contributed by atoms with Crippen LogP contribution >= 0.6 is 0 Å². The fourth-order valence-corrected chi connectivity index (χ4v) is 12.0. The van der Waals surface area contributed by atoms with Crippen molar-refractivity contribution in [3.8, 4) is 22.5 Å². The lowest BCUT2D eigenvalue weighted by atomic mass is 9.76. The summed E-state index contributed by atoms with van der Waals surface area (Å²) in [5.74, 6) is 1.41. The molecule has 0 radical (unpaired) electrons. The first-order valence-electron chi connectivity index (χ1n) is 20.2. The minimum atomic E-state index is -1.65. The SMILES string of the molecule is C=C1CC2C(CCc3cc(C)c4c(oc5nc(C)ccc54)c3-c3cc(C4CCCCC4)cc[n+]31)c1ccccc1-c1cc(C(C)C)c([Si](C)(C)C)c[n+]12. The van der Waals surface area contributed by atoms with Crippen molar-refractivity contribution in [2.24, 2.45) is 0 Å². The van der Waals surface area contributed by atoms with Crippen LogP contribution in [0.15, 0.2) is 84.1 Å². The predicted octanol–water partition coefficient (Wildman–Crippen LogP) is 11.4. The molecule has 6 heterocycles. The minimum Gasteiger partial charge on any atom is -0.437 e. The topological polar surface area (TPSA) is 33.8 Å². The van der Waals surface area contributed by atoms with E-state index in [1.807, 2.05) is 6.92 Å². The van der Waals surface area contributed by atoms with Crippen LogP contribution in [0.25, 0.3) is 50.3 Å². The van der Waals surface area contributed by atoms with Crippen LogP contribution in [0.2, 0.25) is 19.6 Å². The molecule has 5 heteroatoms. The third-order valence-electron chi connectivity index (χ3n) is 12.9. The molecule has 2 atom stereocenters. The lowest BCUT2D eigenvalue weighted by Gasteiger charge is -2.33. The van der Waals surface area contributed by atoms with Gasteiger partial charge in [0.05, 0.1) is 20.1 Å². The van der Waals surface area contributed by atoms with Crippen LogP contribution in [-0.2, 0) is 6.42 Å². The quantitative estimate of drug-likeness (QED) is 0.135. The third-order valence-corrected chi connectivity index (χ3v) is 14.9. The zero-order chi connectivity index (χ0) is 36.8. The van der Waals surface area contributed by atoms with Crippen molar-refractivity contribution < 1.29 is 13.6 Å². The Morgan fingerprint density at radius 1 is 0.906 bits per heavy atom. The van der Waals surface area contributed by atoms with Gasteiger partial charge in [0.25, 0.3) is 0 Å². The van der Waals surface area contributed by atoms with Gasteiger partial charge in [0.1, 0.15) is 0 Å². The molecule has 0 spiro atoms. The number of rotatable bonds is 3. The number of pyridine rings is 3. The molecule has 0 saturated heterocycles. The van der Waals surface area contributed by atoms with Gasteiger partial charge < -0.3 is 4.42 Å². The summed E-state index contributed by atoms with van der Waals surface area (Å²) >= 11 is 0. The number of fused-ring (bicyclic) bond motifs is 13. The second-order valence-corrected chi connectivity index (χ2v) is 22.8. The second kappa shape index (κ2) is 12.9. The lowest BCUT2D eigenvalue weighted by molar-refractivity contribution is -0.719. The Bertz CT molecular complexity index is 2440. The Hall–Kier alpha value is -4.35. The van der Waals surface area contributed by atoms with Crippen LogP contribution in [0.3, 0.4) is 0 Å². The van der Waals surface area contributed by atoms with Crippen LogP contribution in [0, 0.1) is 13.8 Å². The maximum atomic E-state index is 6.89. The molecule has 1 saturated carbocycles. The first-order valence-corrected chi connectivity index (χ1v) is 23.7. The minimum absolute atomic E-state index is 0.256. The van der Waals surface area contributed by atoms with Crippen LogP contribution in [0.1, 0.15) is 116 Å². The van der Waals surface area contributed by atoms with E-state index in [4.69, 9.17) is 16.0 Å². The molecular formula is C48H55N3OSi+2. The number of hydrogen-bond donors (Lipinski definition) is 0. The van der Waals surface area contributed by atoms with Gasteiger partial charge in [0.2, 0.25) is 17.1 Å². The monoisotopic (exact) mass is 717 g/mol. The number of allylic oxidation sites excluding steroid dienone is 1. The van der Waals surface area contributed by atoms with Crippen molar-refractivity contribution >= 4 is 41.0 Å². The van der Waals surface area contributed by atoms with Crippen LogP contribution in [-0.4, -0.2) is 13.1 Å². The van der Waals surface area contributed by atoms with E-state index in [1.54, 1.807) is 5.19 Å². The molecule has 2 aromatic carbocycles. The smallest absolute Gasteiger partial charge is 0.227 e. The molecule has 270 valence electrons. The molecule has 1 aliphatic carbocycles. The summed E-state index contributed by atoms with van der Waals surface area (Å²) in [7, 11) is -1.65. The van der Waals surface area contributed by atoms with Crippen molar-refractivity contribution in [3.63, 3.8) is 0 Å². The van der Waals surface area contributed by atoms with E-state index in [-0.39, 0.29) is 6.04 Å². The number of nitrogens with zero attached hydrogens (tertiary/aromatic N) is 3. The van der Waals surface area contributed by atoms with Crippen molar-refractivity contribution in [2.75, 3.05) is 0 Å². The van der Waals surface area contributed by atoms with Crippen LogP contribution in [0.4, 0.5) is 0 Å². The highest BCUT2D eigenvalue weighted by molar-refractivity contribution is 6.89. The average molecular weight is 718 g/mol. The zero-order valence-corrected chi connectivity index (χ0v) is 33.9. The van der Waals surface area contributed by atoms with E-state index in [0.717, 1.165) is 47.3 Å². The summed E-state index contributed by atoms with van der Waals surface area (Å²) in [6, 6.07) is 23.8. The molecule has 2 unspecified atom stereocenters. The molecular weight excluding hydrogens is 663 g/mol. The first kappa shape index (κ1) is 34.4. The van der Waals surface area contributed by atoms with Crippen molar-refractivity contribution in [3.05, 3.63) is 113 Å². The molecule has 6 aromatic rings. The largest absolute Gasteiger partial charge is 0.437 e. The van der Waals surface area contributed by atoms with Gasteiger partial charge in [0.15, 0.2) is 29.7 Å². The Morgan fingerprint density at radius 3 is 2.47 bits per heavy atom. The van der Waals surface area contributed by atoms with E-state index >= 15 is 0 Å². The van der Waals surface area contributed by atoms with Gasteiger partial charge in [-0.15, -0.1) is 0 Å². The van der Waals surface area contributed by atoms with Gasteiger partial charge in [-0.2, -0.15) is 9.13 Å². The average Bonchev–Trinajstić information content (AvgIpc) is 3.52. The molecule has 2 aliphatic heterocycles. The maximum Gasteiger partial charge on any atom is 0.227 e. The predicted molar refractivity (Wildman–Crippen MR) is 222 cm³/mol. The molecule has 9 rings (SSSR count). The van der Waals surface area contributed by atoms with Crippen LogP contribution in [0.5, 0.6) is 0 Å². The van der Waals surface area contributed by atoms with Crippen molar-refractivity contribution in [2.45, 2.75) is 122 Å². The Kier molecular flexibility index (Phi) is 8.38. The molecule has 0 bridgehead atoms. The maximum absolute atomic E-state index is 6.89. The molecule has 53 heavy (non-hydrogen) atoms. The van der Waals surface area contributed by atoms with Crippen molar-refractivity contribution in [1.82, 2.24) is 4.98 Å². The molecule has 4 aromatic heterocycles. The van der Waals surface area contributed by atoms with Gasteiger partial charge in [-0.25, -0.2) is 4.98 Å². The van der Waals surface area contributed by atoms with Gasteiger partial charge in [-0.3, -0.25) is 0 Å². The molecule has 0 amide bonds. The van der Waals surface area contributed by atoms with E-state index in [0.29, 0.717) is 17.8 Å². The number of aryl methyl sites for hydroxylation is 3. The molecule has 0 N–H and O–H groups in total. The summed E-state index contributed by atoms with van der Waals surface area (Å²) in [5.41, 5.74) is 16.1. The van der Waals surface area contributed by atoms with Gasteiger partial charge in [0, 0.05) is 51.3 Å². The van der Waals surface area contributed by atoms with Gasteiger partial charge in [-0.05, 0) is 104 Å². The third kappa shape index (κ3) is 5.73. The van der Waals surface area contributed by atoms with Crippen LogP contribution < -0.4 is 14.3 Å². The fourth-order valence-electron chi connectivity index (χ4n) is 10.2. The van der Waals surface area contributed by atoms with Gasteiger partial charge >= 0.3 is 0 Å². The number of aromatic nitrogens is 3. The number of furan rings is 1. The fraction of sp³-hybridized carbons (Fsp3) is 0.396. The standard InChI is InChI=1S/C48H55N3OSi/c1-29(2)40-27-42-37-17-13-12-16-36(37)38-21-19-35-24-30(3)45-39-20-18-31(4)49-48(39)52-47(45)46(35)43-26-34(33-14-10-9-11-15-33)22-23-50(43)32(5)25-41(38)51(42)28-44(40)53(6,7)8/h12-13,16-18,20,22-24,26-29,33,38,41H,5,9-11,14-15,19,21,25H2,1-4,6-8H3/q+2. The highest BCUT2D eigenvalue weighted by atomic mass is 28.3. The highest BCUT2D eigenvalue weighted by Crippen LogP contribution is 2.47.